The first kappa shape index (κ1) is 11.6. The summed E-state index contributed by atoms with van der Waals surface area (Å²) in [7, 11) is 1.69. The summed E-state index contributed by atoms with van der Waals surface area (Å²) in [4.78, 5) is 12.6. The quantitative estimate of drug-likeness (QED) is 0.648. The highest BCUT2D eigenvalue weighted by Crippen LogP contribution is 1.91. The Morgan fingerprint density at radius 2 is 2.40 bits per heavy atom. The van der Waals surface area contributed by atoms with Gasteiger partial charge in [0.2, 0.25) is 0 Å². The fourth-order valence-electron chi connectivity index (χ4n) is 0.989. The molecule has 0 aliphatic carbocycles. The van der Waals surface area contributed by atoms with Crippen LogP contribution in [0.5, 0.6) is 0 Å². The third-order valence-corrected chi connectivity index (χ3v) is 1.76. The number of ether oxygens (including phenoxy) is 1. The van der Waals surface area contributed by atoms with Crippen molar-refractivity contribution in [1.82, 2.24) is 25.5 Å². The lowest BCUT2D eigenvalue weighted by molar-refractivity contribution is -0.145. The number of hydrogen-bond acceptors (Lipinski definition) is 6. The predicted molar refractivity (Wildman–Crippen MR) is 51.7 cm³/mol. The number of esters is 1. The molecule has 0 spiro atoms. The van der Waals surface area contributed by atoms with Gasteiger partial charge in [-0.25, -0.2) is 0 Å². The summed E-state index contributed by atoms with van der Waals surface area (Å²) in [5, 5.41) is 14.4. The SMILES string of the molecule is CCOC(=O)C(C)NCc1nnn(C)n1. The zero-order chi connectivity index (χ0) is 11.3. The van der Waals surface area contributed by atoms with Crippen LogP contribution in [0, 0.1) is 0 Å². The van der Waals surface area contributed by atoms with E-state index < -0.39 is 0 Å². The zero-order valence-corrected chi connectivity index (χ0v) is 9.10. The summed E-state index contributed by atoms with van der Waals surface area (Å²) in [5.41, 5.74) is 0. The van der Waals surface area contributed by atoms with Crippen LogP contribution in [0.15, 0.2) is 0 Å². The van der Waals surface area contributed by atoms with Crippen molar-refractivity contribution >= 4 is 5.97 Å². The molecule has 1 unspecified atom stereocenters. The Kier molecular flexibility index (Phi) is 4.17. The molecule has 0 bridgehead atoms. The van der Waals surface area contributed by atoms with Gasteiger partial charge in [-0.15, -0.1) is 10.2 Å². The summed E-state index contributed by atoms with van der Waals surface area (Å²) >= 11 is 0. The lowest BCUT2D eigenvalue weighted by Gasteiger charge is -2.10. The van der Waals surface area contributed by atoms with E-state index in [0.29, 0.717) is 19.0 Å². The molecule has 0 amide bonds. The fourth-order valence-corrected chi connectivity index (χ4v) is 0.989. The molecule has 7 heteroatoms. The van der Waals surface area contributed by atoms with Crippen LogP contribution in [-0.4, -0.2) is 38.8 Å². The molecule has 1 heterocycles. The molecule has 84 valence electrons. The molecule has 0 fully saturated rings. The summed E-state index contributed by atoms with van der Waals surface area (Å²) in [5.74, 6) is 0.273. The average molecular weight is 213 g/mol. The maximum absolute atomic E-state index is 11.2. The van der Waals surface area contributed by atoms with Crippen molar-refractivity contribution < 1.29 is 9.53 Å². The van der Waals surface area contributed by atoms with Crippen LogP contribution >= 0.6 is 0 Å². The lowest BCUT2D eigenvalue weighted by atomic mass is 10.3. The van der Waals surface area contributed by atoms with Gasteiger partial charge in [-0.3, -0.25) is 10.1 Å². The molecule has 0 aromatic carbocycles. The zero-order valence-electron chi connectivity index (χ0n) is 9.10. The van der Waals surface area contributed by atoms with E-state index in [9.17, 15) is 4.79 Å². The normalized spacial score (nSPS) is 12.5. The Morgan fingerprint density at radius 3 is 2.93 bits per heavy atom. The molecule has 1 aromatic heterocycles. The second-order valence-electron chi connectivity index (χ2n) is 3.05. The summed E-state index contributed by atoms with van der Waals surface area (Å²) in [6, 6.07) is -0.367. The van der Waals surface area contributed by atoms with Gasteiger partial charge in [0.1, 0.15) is 6.04 Å². The van der Waals surface area contributed by atoms with Gasteiger partial charge < -0.3 is 4.74 Å². The van der Waals surface area contributed by atoms with Crippen LogP contribution in [0.4, 0.5) is 0 Å². The number of carbonyl (C=O) groups is 1. The van der Waals surface area contributed by atoms with E-state index in [0.717, 1.165) is 0 Å². The highest BCUT2D eigenvalue weighted by atomic mass is 16.5. The van der Waals surface area contributed by atoms with Crippen LogP contribution < -0.4 is 5.32 Å². The smallest absolute Gasteiger partial charge is 0.322 e. The minimum absolute atomic E-state index is 0.276. The standard InChI is InChI=1S/C8H15N5O2/c1-4-15-8(14)6(2)9-5-7-10-12-13(3)11-7/h6,9H,4-5H2,1-3H3. The Labute approximate surface area is 87.8 Å². The van der Waals surface area contributed by atoms with E-state index in [1.807, 2.05) is 0 Å². The van der Waals surface area contributed by atoms with Crippen LogP contribution in [0.2, 0.25) is 0 Å². The van der Waals surface area contributed by atoms with Gasteiger partial charge in [0.05, 0.1) is 20.2 Å². The third-order valence-electron chi connectivity index (χ3n) is 1.76. The van der Waals surface area contributed by atoms with E-state index in [-0.39, 0.29) is 12.0 Å². The number of nitrogens with zero attached hydrogens (tertiary/aromatic N) is 4. The summed E-state index contributed by atoms with van der Waals surface area (Å²) in [6.45, 7) is 4.28. The molecule has 1 aromatic rings. The number of rotatable bonds is 5. The van der Waals surface area contributed by atoms with Crippen LogP contribution in [0.3, 0.4) is 0 Å². The molecular formula is C8H15N5O2. The molecule has 0 aliphatic heterocycles. The maximum atomic E-state index is 11.2. The minimum Gasteiger partial charge on any atom is -0.465 e. The minimum atomic E-state index is -0.367. The van der Waals surface area contributed by atoms with E-state index in [4.69, 9.17) is 4.74 Å². The van der Waals surface area contributed by atoms with Gasteiger partial charge in [0, 0.05) is 0 Å². The van der Waals surface area contributed by atoms with Crippen molar-refractivity contribution in [2.45, 2.75) is 26.4 Å². The Balaban J connectivity index is 2.33. The van der Waals surface area contributed by atoms with Crippen molar-refractivity contribution in [3.05, 3.63) is 5.82 Å². The topological polar surface area (TPSA) is 81.9 Å². The lowest BCUT2D eigenvalue weighted by Crippen LogP contribution is -2.35. The Morgan fingerprint density at radius 1 is 1.67 bits per heavy atom. The molecule has 0 aliphatic rings. The van der Waals surface area contributed by atoms with Crippen LogP contribution in [0.25, 0.3) is 0 Å². The van der Waals surface area contributed by atoms with E-state index in [1.54, 1.807) is 20.9 Å². The number of hydrogen-bond donors (Lipinski definition) is 1. The number of nitrogens with one attached hydrogen (secondary N) is 1. The van der Waals surface area contributed by atoms with E-state index in [2.05, 4.69) is 20.7 Å². The second-order valence-corrected chi connectivity index (χ2v) is 3.05. The van der Waals surface area contributed by atoms with Crippen molar-refractivity contribution in [1.29, 1.82) is 0 Å². The van der Waals surface area contributed by atoms with Gasteiger partial charge in [0.25, 0.3) is 0 Å². The molecule has 1 atom stereocenters. The summed E-state index contributed by atoms with van der Waals surface area (Å²) < 4.78 is 4.83. The monoisotopic (exact) mass is 213 g/mol. The van der Waals surface area contributed by atoms with Crippen molar-refractivity contribution in [2.75, 3.05) is 6.61 Å². The fraction of sp³-hybridized carbons (Fsp3) is 0.750. The van der Waals surface area contributed by atoms with Gasteiger partial charge in [0.15, 0.2) is 5.82 Å². The van der Waals surface area contributed by atoms with E-state index in [1.165, 1.54) is 4.80 Å². The summed E-state index contributed by atoms with van der Waals surface area (Å²) in [6.07, 6.45) is 0. The molecule has 0 radical (unpaired) electrons. The van der Waals surface area contributed by atoms with Gasteiger partial charge in [-0.05, 0) is 19.1 Å². The van der Waals surface area contributed by atoms with Gasteiger partial charge >= 0.3 is 5.97 Å². The maximum Gasteiger partial charge on any atom is 0.322 e. The molecular weight excluding hydrogens is 198 g/mol. The highest BCUT2D eigenvalue weighted by Gasteiger charge is 2.13. The van der Waals surface area contributed by atoms with Gasteiger partial charge in [-0.2, -0.15) is 4.80 Å². The van der Waals surface area contributed by atoms with Crippen LogP contribution in [0.1, 0.15) is 19.7 Å². The largest absolute Gasteiger partial charge is 0.465 e. The second kappa shape index (κ2) is 5.40. The Bertz CT molecular complexity index is 325. The number of carbonyl (C=O) groups excluding carboxylic acids is 1. The van der Waals surface area contributed by atoms with Gasteiger partial charge in [-0.1, -0.05) is 0 Å². The molecule has 0 saturated heterocycles. The molecule has 7 nitrogen and oxygen atoms in total. The number of tetrazole rings is 1. The third kappa shape index (κ3) is 3.62. The first-order chi connectivity index (χ1) is 7.13. The molecule has 0 saturated carbocycles. The van der Waals surface area contributed by atoms with Crippen molar-refractivity contribution in [3.8, 4) is 0 Å². The highest BCUT2D eigenvalue weighted by molar-refractivity contribution is 5.75. The van der Waals surface area contributed by atoms with Crippen molar-refractivity contribution in [3.63, 3.8) is 0 Å². The number of aromatic nitrogens is 4. The van der Waals surface area contributed by atoms with E-state index >= 15 is 0 Å². The molecule has 15 heavy (non-hydrogen) atoms. The van der Waals surface area contributed by atoms with Crippen LogP contribution in [-0.2, 0) is 23.1 Å². The predicted octanol–water partition coefficient (Wildman–Crippen LogP) is -0.749. The molecule has 1 N–H and O–H groups in total. The molecule has 1 rings (SSSR count). The first-order valence-corrected chi connectivity index (χ1v) is 4.76. The van der Waals surface area contributed by atoms with Crippen molar-refractivity contribution in [2.24, 2.45) is 7.05 Å². The first-order valence-electron chi connectivity index (χ1n) is 4.76. The average Bonchev–Trinajstić information content (AvgIpc) is 2.61. The number of aryl methyl sites for hydroxylation is 1. The Hall–Kier alpha value is -1.50.